The Kier molecular flexibility index (Phi) is 7.17. The summed E-state index contributed by atoms with van der Waals surface area (Å²) >= 11 is 0. The van der Waals surface area contributed by atoms with Crippen LogP contribution in [0, 0.1) is 11.8 Å². The second-order valence-corrected chi connectivity index (χ2v) is 6.10. The Hall–Kier alpha value is -0.800. The van der Waals surface area contributed by atoms with Crippen LogP contribution in [0.2, 0.25) is 0 Å². The van der Waals surface area contributed by atoms with Crippen LogP contribution in [0.25, 0.3) is 0 Å². The molecule has 1 N–H and O–H groups in total. The topological polar surface area (TPSA) is 28.4 Å². The van der Waals surface area contributed by atoms with Crippen LogP contribution >= 0.6 is 0 Å². The summed E-state index contributed by atoms with van der Waals surface area (Å²) in [6, 6.07) is 4.18. The third-order valence-electron chi connectivity index (χ3n) is 3.32. The lowest BCUT2D eigenvalue weighted by Gasteiger charge is -2.19. The summed E-state index contributed by atoms with van der Waals surface area (Å²) in [6.45, 7) is 12.8. The quantitative estimate of drug-likeness (QED) is 0.741. The van der Waals surface area contributed by atoms with Crippen molar-refractivity contribution in [1.29, 1.82) is 0 Å². The molecule has 1 aromatic rings. The lowest BCUT2D eigenvalue weighted by molar-refractivity contribution is 0.251. The van der Waals surface area contributed by atoms with Gasteiger partial charge in [0.2, 0.25) is 0 Å². The summed E-state index contributed by atoms with van der Waals surface area (Å²) in [7, 11) is 2.16. The van der Waals surface area contributed by atoms with E-state index < -0.39 is 0 Å². The highest BCUT2D eigenvalue weighted by molar-refractivity contribution is 5.07. The van der Waals surface area contributed by atoms with Crippen molar-refractivity contribution in [2.24, 2.45) is 11.8 Å². The minimum absolute atomic E-state index is 0.677. The molecule has 1 rings (SSSR count). The van der Waals surface area contributed by atoms with E-state index in [0.29, 0.717) is 5.92 Å². The zero-order chi connectivity index (χ0) is 14.3. The zero-order valence-electron chi connectivity index (χ0n) is 13.2. The van der Waals surface area contributed by atoms with Gasteiger partial charge in [0, 0.05) is 6.54 Å². The Balaban J connectivity index is 2.33. The molecule has 0 fully saturated rings. The summed E-state index contributed by atoms with van der Waals surface area (Å²) in [5.74, 6) is 3.52. The van der Waals surface area contributed by atoms with Crippen LogP contribution < -0.4 is 5.32 Å². The lowest BCUT2D eigenvalue weighted by Crippen LogP contribution is -2.23. The molecule has 0 saturated carbocycles. The van der Waals surface area contributed by atoms with Crippen LogP contribution in [0.15, 0.2) is 16.5 Å². The number of rotatable bonds is 9. The van der Waals surface area contributed by atoms with Crippen molar-refractivity contribution in [3.8, 4) is 0 Å². The maximum absolute atomic E-state index is 5.85. The van der Waals surface area contributed by atoms with Gasteiger partial charge in [-0.25, -0.2) is 0 Å². The fourth-order valence-corrected chi connectivity index (χ4v) is 2.08. The largest absolute Gasteiger partial charge is 0.463 e. The van der Waals surface area contributed by atoms with Crippen molar-refractivity contribution in [1.82, 2.24) is 10.2 Å². The van der Waals surface area contributed by atoms with E-state index in [1.165, 1.54) is 6.42 Å². The van der Waals surface area contributed by atoms with Crippen molar-refractivity contribution < 1.29 is 4.42 Å². The summed E-state index contributed by atoms with van der Waals surface area (Å²) in [4.78, 5) is 2.33. The molecule has 110 valence electrons. The highest BCUT2D eigenvalue weighted by Gasteiger charge is 2.08. The number of hydrogen-bond donors (Lipinski definition) is 1. The van der Waals surface area contributed by atoms with Crippen LogP contribution in [-0.2, 0) is 13.1 Å². The minimum atomic E-state index is 0.677. The molecule has 3 heteroatoms. The normalized spacial score (nSPS) is 13.4. The summed E-state index contributed by atoms with van der Waals surface area (Å²) in [5.41, 5.74) is 0. The number of nitrogens with zero attached hydrogens (tertiary/aromatic N) is 1. The Morgan fingerprint density at radius 3 is 2.53 bits per heavy atom. The van der Waals surface area contributed by atoms with Gasteiger partial charge in [0.25, 0.3) is 0 Å². The third-order valence-corrected chi connectivity index (χ3v) is 3.32. The molecule has 19 heavy (non-hydrogen) atoms. The first-order valence-corrected chi connectivity index (χ1v) is 7.48. The van der Waals surface area contributed by atoms with Gasteiger partial charge >= 0.3 is 0 Å². The smallest absolute Gasteiger partial charge is 0.118 e. The van der Waals surface area contributed by atoms with Crippen LogP contribution in [0.3, 0.4) is 0 Å². The molecule has 1 atom stereocenters. The summed E-state index contributed by atoms with van der Waals surface area (Å²) < 4.78 is 5.85. The molecule has 0 amide bonds. The number of furan rings is 1. The highest BCUT2D eigenvalue weighted by atomic mass is 16.3. The summed E-state index contributed by atoms with van der Waals surface area (Å²) in [6.07, 6.45) is 1.23. The Morgan fingerprint density at radius 2 is 1.89 bits per heavy atom. The SMILES string of the molecule is CCC(C)CN(C)Cc1ccc(CNCC(C)C)o1. The minimum Gasteiger partial charge on any atom is -0.463 e. The fraction of sp³-hybridized carbons (Fsp3) is 0.750. The molecule has 0 aliphatic carbocycles. The van der Waals surface area contributed by atoms with Crippen molar-refractivity contribution in [3.05, 3.63) is 23.7 Å². The first-order chi connectivity index (χ1) is 9.01. The molecule has 0 bridgehead atoms. The van der Waals surface area contributed by atoms with Gasteiger partial charge < -0.3 is 9.73 Å². The van der Waals surface area contributed by atoms with Crippen LogP contribution in [0.4, 0.5) is 0 Å². The van der Waals surface area contributed by atoms with Crippen molar-refractivity contribution >= 4 is 0 Å². The molecular weight excluding hydrogens is 236 g/mol. The van der Waals surface area contributed by atoms with Gasteiger partial charge in [-0.1, -0.05) is 34.1 Å². The number of hydrogen-bond acceptors (Lipinski definition) is 3. The van der Waals surface area contributed by atoms with E-state index in [1.54, 1.807) is 0 Å². The molecule has 0 radical (unpaired) electrons. The maximum atomic E-state index is 5.85. The van der Waals surface area contributed by atoms with Crippen molar-refractivity contribution in [2.75, 3.05) is 20.1 Å². The maximum Gasteiger partial charge on any atom is 0.118 e. The Labute approximate surface area is 118 Å². The molecule has 1 heterocycles. The average molecular weight is 266 g/mol. The molecule has 0 aromatic carbocycles. The second kappa shape index (κ2) is 8.39. The van der Waals surface area contributed by atoms with Crippen molar-refractivity contribution in [2.45, 2.75) is 47.2 Å². The average Bonchev–Trinajstić information content (AvgIpc) is 2.75. The second-order valence-electron chi connectivity index (χ2n) is 6.10. The predicted molar refractivity (Wildman–Crippen MR) is 81.0 cm³/mol. The first-order valence-electron chi connectivity index (χ1n) is 7.48. The van der Waals surface area contributed by atoms with Gasteiger partial charge in [-0.2, -0.15) is 0 Å². The van der Waals surface area contributed by atoms with Crippen LogP contribution in [0.5, 0.6) is 0 Å². The predicted octanol–water partition coefficient (Wildman–Crippen LogP) is 3.50. The van der Waals surface area contributed by atoms with E-state index in [2.05, 4.69) is 57.1 Å². The molecule has 0 aliphatic heterocycles. The van der Waals surface area contributed by atoms with E-state index in [9.17, 15) is 0 Å². The van der Waals surface area contributed by atoms with Gasteiger partial charge in [-0.15, -0.1) is 0 Å². The lowest BCUT2D eigenvalue weighted by atomic mass is 10.1. The third kappa shape index (κ3) is 6.79. The van der Waals surface area contributed by atoms with Gasteiger partial charge in [-0.3, -0.25) is 4.90 Å². The standard InChI is InChI=1S/C16H30N2O/c1-6-14(4)11-18(5)12-16-8-7-15(19-16)10-17-9-13(2)3/h7-8,13-14,17H,6,9-12H2,1-5H3. The molecule has 1 aromatic heterocycles. The Morgan fingerprint density at radius 1 is 1.21 bits per heavy atom. The molecule has 0 spiro atoms. The highest BCUT2D eigenvalue weighted by Crippen LogP contribution is 2.12. The van der Waals surface area contributed by atoms with E-state index in [0.717, 1.165) is 43.6 Å². The van der Waals surface area contributed by atoms with Crippen LogP contribution in [0.1, 0.15) is 45.6 Å². The van der Waals surface area contributed by atoms with E-state index in [-0.39, 0.29) is 0 Å². The molecule has 0 saturated heterocycles. The zero-order valence-corrected chi connectivity index (χ0v) is 13.2. The monoisotopic (exact) mass is 266 g/mol. The van der Waals surface area contributed by atoms with Gasteiger partial charge in [0.05, 0.1) is 13.1 Å². The van der Waals surface area contributed by atoms with Crippen molar-refractivity contribution in [3.63, 3.8) is 0 Å². The molecular formula is C16H30N2O. The van der Waals surface area contributed by atoms with Gasteiger partial charge in [0.1, 0.15) is 11.5 Å². The molecule has 0 aliphatic rings. The van der Waals surface area contributed by atoms with E-state index in [1.807, 2.05) is 0 Å². The first kappa shape index (κ1) is 16.3. The number of nitrogens with one attached hydrogen (secondary N) is 1. The van der Waals surface area contributed by atoms with Gasteiger partial charge in [0.15, 0.2) is 0 Å². The van der Waals surface area contributed by atoms with E-state index in [4.69, 9.17) is 4.42 Å². The van der Waals surface area contributed by atoms with Crippen LogP contribution in [-0.4, -0.2) is 25.0 Å². The Bertz CT molecular complexity index is 346. The van der Waals surface area contributed by atoms with Gasteiger partial charge in [-0.05, 0) is 37.6 Å². The summed E-state index contributed by atoms with van der Waals surface area (Å²) in [5, 5.41) is 3.40. The molecule has 1 unspecified atom stereocenters. The molecule has 3 nitrogen and oxygen atoms in total. The van der Waals surface area contributed by atoms with E-state index >= 15 is 0 Å². The fourth-order valence-electron chi connectivity index (χ4n) is 2.08.